The second kappa shape index (κ2) is 3.74. The van der Waals surface area contributed by atoms with E-state index in [2.05, 4.69) is 15.3 Å². The maximum absolute atomic E-state index is 5.54. The lowest BCUT2D eigenvalue weighted by molar-refractivity contribution is 1.29. The molecule has 0 amide bonds. The zero-order valence-electron chi connectivity index (χ0n) is 7.51. The smallest absolute Gasteiger partial charge is 0.130 e. The van der Waals surface area contributed by atoms with E-state index in [4.69, 9.17) is 5.73 Å². The number of anilines is 3. The molecule has 70 valence electrons. The number of hydrogen-bond donors (Lipinski definition) is 2. The summed E-state index contributed by atoms with van der Waals surface area (Å²) in [7, 11) is 0. The van der Waals surface area contributed by atoms with Gasteiger partial charge in [0.05, 0.1) is 0 Å². The van der Waals surface area contributed by atoms with Crippen molar-refractivity contribution in [2.75, 3.05) is 11.1 Å². The standard InChI is InChI=1S/C10H10N4/c11-9-7-8(4-6-12-9)14-10-3-1-2-5-13-10/h1-7H,(H3,11,12,13,14). The number of nitrogens with zero attached hydrogens (tertiary/aromatic N) is 2. The van der Waals surface area contributed by atoms with Crippen molar-refractivity contribution < 1.29 is 0 Å². The van der Waals surface area contributed by atoms with E-state index in [-0.39, 0.29) is 0 Å². The molecule has 4 nitrogen and oxygen atoms in total. The van der Waals surface area contributed by atoms with Gasteiger partial charge in [0.1, 0.15) is 11.6 Å². The molecule has 2 aromatic rings. The number of hydrogen-bond acceptors (Lipinski definition) is 4. The van der Waals surface area contributed by atoms with Crippen LogP contribution in [0.5, 0.6) is 0 Å². The Kier molecular flexibility index (Phi) is 2.27. The van der Waals surface area contributed by atoms with E-state index < -0.39 is 0 Å². The van der Waals surface area contributed by atoms with Gasteiger partial charge in [0.15, 0.2) is 0 Å². The van der Waals surface area contributed by atoms with E-state index in [1.807, 2.05) is 24.3 Å². The highest BCUT2D eigenvalue weighted by Crippen LogP contribution is 2.14. The molecule has 0 aromatic carbocycles. The molecule has 0 bridgehead atoms. The Hall–Kier alpha value is -2.10. The second-order valence-corrected chi connectivity index (χ2v) is 2.81. The van der Waals surface area contributed by atoms with Crippen LogP contribution in [-0.4, -0.2) is 9.97 Å². The number of nitrogens with one attached hydrogen (secondary N) is 1. The van der Waals surface area contributed by atoms with Crippen LogP contribution >= 0.6 is 0 Å². The summed E-state index contributed by atoms with van der Waals surface area (Å²) in [5.74, 6) is 1.28. The van der Waals surface area contributed by atoms with Crippen molar-refractivity contribution in [3.8, 4) is 0 Å². The zero-order valence-corrected chi connectivity index (χ0v) is 7.51. The summed E-state index contributed by atoms with van der Waals surface area (Å²) >= 11 is 0. The van der Waals surface area contributed by atoms with Crippen molar-refractivity contribution in [3.63, 3.8) is 0 Å². The van der Waals surface area contributed by atoms with Crippen molar-refractivity contribution in [1.29, 1.82) is 0 Å². The number of rotatable bonds is 2. The quantitative estimate of drug-likeness (QED) is 0.750. The number of nitrogens with two attached hydrogens (primary N) is 1. The fourth-order valence-electron chi connectivity index (χ4n) is 1.11. The van der Waals surface area contributed by atoms with Gasteiger partial charge in [-0.05, 0) is 18.2 Å². The van der Waals surface area contributed by atoms with Crippen molar-refractivity contribution >= 4 is 17.3 Å². The van der Waals surface area contributed by atoms with Gasteiger partial charge in [0.25, 0.3) is 0 Å². The molecule has 14 heavy (non-hydrogen) atoms. The Bertz CT molecular complexity index is 413. The summed E-state index contributed by atoms with van der Waals surface area (Å²) in [6.07, 6.45) is 3.38. The minimum Gasteiger partial charge on any atom is -0.384 e. The van der Waals surface area contributed by atoms with Crippen LogP contribution in [0.25, 0.3) is 0 Å². The van der Waals surface area contributed by atoms with Crippen molar-refractivity contribution in [2.24, 2.45) is 0 Å². The molecule has 0 saturated carbocycles. The molecule has 2 rings (SSSR count). The highest BCUT2D eigenvalue weighted by molar-refractivity contribution is 5.58. The Morgan fingerprint density at radius 3 is 2.71 bits per heavy atom. The molecule has 0 saturated heterocycles. The van der Waals surface area contributed by atoms with Crippen LogP contribution in [0.1, 0.15) is 0 Å². The fourth-order valence-corrected chi connectivity index (χ4v) is 1.11. The van der Waals surface area contributed by atoms with Gasteiger partial charge in [-0.1, -0.05) is 6.07 Å². The second-order valence-electron chi connectivity index (χ2n) is 2.81. The summed E-state index contributed by atoms with van der Waals surface area (Å²) in [4.78, 5) is 8.03. The van der Waals surface area contributed by atoms with Crippen LogP contribution in [-0.2, 0) is 0 Å². The number of pyridine rings is 2. The molecule has 0 radical (unpaired) electrons. The van der Waals surface area contributed by atoms with E-state index >= 15 is 0 Å². The molecule has 0 unspecified atom stereocenters. The van der Waals surface area contributed by atoms with Crippen molar-refractivity contribution in [1.82, 2.24) is 9.97 Å². The third-order valence-electron chi connectivity index (χ3n) is 1.72. The van der Waals surface area contributed by atoms with Crippen LogP contribution in [0.15, 0.2) is 42.7 Å². The molecule has 0 atom stereocenters. The van der Waals surface area contributed by atoms with E-state index in [0.29, 0.717) is 5.82 Å². The maximum Gasteiger partial charge on any atom is 0.130 e. The average Bonchev–Trinajstić information content (AvgIpc) is 2.19. The van der Waals surface area contributed by atoms with Crippen LogP contribution in [0.2, 0.25) is 0 Å². The molecule has 2 aromatic heterocycles. The highest BCUT2D eigenvalue weighted by atomic mass is 15.0. The molecule has 0 spiro atoms. The van der Waals surface area contributed by atoms with Gasteiger partial charge in [-0.2, -0.15) is 0 Å². The molecular weight excluding hydrogens is 176 g/mol. The Balaban J connectivity index is 2.19. The lowest BCUT2D eigenvalue weighted by Crippen LogP contribution is -1.95. The van der Waals surface area contributed by atoms with Crippen LogP contribution in [0.4, 0.5) is 17.3 Å². The largest absolute Gasteiger partial charge is 0.384 e. The first-order valence-electron chi connectivity index (χ1n) is 4.24. The monoisotopic (exact) mass is 186 g/mol. The molecular formula is C10H10N4. The first-order valence-corrected chi connectivity index (χ1v) is 4.24. The highest BCUT2D eigenvalue weighted by Gasteiger charge is 1.94. The van der Waals surface area contributed by atoms with Crippen LogP contribution < -0.4 is 11.1 Å². The molecule has 0 fully saturated rings. The molecule has 0 aliphatic carbocycles. The molecule has 4 heteroatoms. The van der Waals surface area contributed by atoms with E-state index in [0.717, 1.165) is 11.5 Å². The van der Waals surface area contributed by atoms with E-state index in [9.17, 15) is 0 Å². The molecule has 2 heterocycles. The van der Waals surface area contributed by atoms with Gasteiger partial charge in [-0.3, -0.25) is 0 Å². The minimum atomic E-state index is 0.492. The molecule has 0 aliphatic rings. The number of nitrogen functional groups attached to an aromatic ring is 1. The lowest BCUT2D eigenvalue weighted by atomic mass is 10.3. The van der Waals surface area contributed by atoms with E-state index in [1.165, 1.54) is 0 Å². The third kappa shape index (κ3) is 1.98. The summed E-state index contributed by atoms with van der Waals surface area (Å²) in [6.45, 7) is 0. The molecule has 3 N–H and O–H groups in total. The first kappa shape index (κ1) is 8.50. The summed E-state index contributed by atoms with van der Waals surface area (Å²) in [5, 5.41) is 3.11. The topological polar surface area (TPSA) is 63.8 Å². The van der Waals surface area contributed by atoms with E-state index in [1.54, 1.807) is 18.5 Å². The Morgan fingerprint density at radius 2 is 2.00 bits per heavy atom. The van der Waals surface area contributed by atoms with Crippen molar-refractivity contribution in [3.05, 3.63) is 42.7 Å². The normalized spacial score (nSPS) is 9.71. The predicted octanol–water partition coefficient (Wildman–Crippen LogP) is 1.80. The van der Waals surface area contributed by atoms with Gasteiger partial charge in [0, 0.05) is 24.1 Å². The van der Waals surface area contributed by atoms with Gasteiger partial charge in [-0.15, -0.1) is 0 Å². The SMILES string of the molecule is Nc1cc(Nc2ccccn2)ccn1. The predicted molar refractivity (Wildman–Crippen MR) is 56.2 cm³/mol. The van der Waals surface area contributed by atoms with Gasteiger partial charge in [0.2, 0.25) is 0 Å². The maximum atomic E-state index is 5.54. The Morgan fingerprint density at radius 1 is 1.07 bits per heavy atom. The van der Waals surface area contributed by atoms with Gasteiger partial charge >= 0.3 is 0 Å². The summed E-state index contributed by atoms with van der Waals surface area (Å²) < 4.78 is 0. The molecule has 0 aliphatic heterocycles. The Labute approximate surface area is 81.8 Å². The zero-order chi connectivity index (χ0) is 9.80. The van der Waals surface area contributed by atoms with Gasteiger partial charge in [-0.25, -0.2) is 9.97 Å². The summed E-state index contributed by atoms with van der Waals surface area (Å²) in [5.41, 5.74) is 6.43. The van der Waals surface area contributed by atoms with Crippen LogP contribution in [0.3, 0.4) is 0 Å². The van der Waals surface area contributed by atoms with Crippen molar-refractivity contribution in [2.45, 2.75) is 0 Å². The average molecular weight is 186 g/mol. The number of aromatic nitrogens is 2. The van der Waals surface area contributed by atoms with Crippen LogP contribution in [0, 0.1) is 0 Å². The first-order chi connectivity index (χ1) is 6.84. The minimum absolute atomic E-state index is 0.492. The fraction of sp³-hybridized carbons (Fsp3) is 0. The third-order valence-corrected chi connectivity index (χ3v) is 1.72. The van der Waals surface area contributed by atoms with Gasteiger partial charge < -0.3 is 11.1 Å². The lowest BCUT2D eigenvalue weighted by Gasteiger charge is -2.04. The summed E-state index contributed by atoms with van der Waals surface area (Å²) in [6, 6.07) is 9.27.